The molecule has 1 aromatic heterocycles. The summed E-state index contributed by atoms with van der Waals surface area (Å²) >= 11 is 11.3. The predicted molar refractivity (Wildman–Crippen MR) is 75.6 cm³/mol. The van der Waals surface area contributed by atoms with Gasteiger partial charge in [0.1, 0.15) is 5.82 Å². The van der Waals surface area contributed by atoms with Crippen molar-refractivity contribution in [1.82, 2.24) is 0 Å². The SMILES string of the molecule is Cc1cc(C(Cl)c2ccc(F)c(Br)c2)c(C)s1. The number of halogens is 3. The van der Waals surface area contributed by atoms with E-state index in [2.05, 4.69) is 35.8 Å². The minimum Gasteiger partial charge on any atom is -0.206 e. The minimum absolute atomic E-state index is 0.225. The van der Waals surface area contributed by atoms with Crippen molar-refractivity contribution in [3.05, 3.63) is 55.4 Å². The molecule has 2 aromatic rings. The summed E-state index contributed by atoms with van der Waals surface area (Å²) in [5.41, 5.74) is 2.01. The Morgan fingerprint density at radius 2 is 2.00 bits per heavy atom. The first-order valence-electron chi connectivity index (χ1n) is 5.15. The Kier molecular flexibility index (Phi) is 3.91. The lowest BCUT2D eigenvalue weighted by atomic mass is 10.1. The molecule has 0 aliphatic rings. The predicted octanol–water partition coefficient (Wildman–Crippen LogP) is 5.59. The van der Waals surface area contributed by atoms with Crippen LogP contribution in [0.4, 0.5) is 4.39 Å². The van der Waals surface area contributed by atoms with Crippen molar-refractivity contribution >= 4 is 38.9 Å². The van der Waals surface area contributed by atoms with E-state index in [0.717, 1.165) is 11.1 Å². The number of aryl methyl sites for hydroxylation is 2. The van der Waals surface area contributed by atoms with Crippen LogP contribution in [0.15, 0.2) is 28.7 Å². The van der Waals surface area contributed by atoms with Gasteiger partial charge < -0.3 is 0 Å². The van der Waals surface area contributed by atoms with E-state index in [1.54, 1.807) is 23.5 Å². The van der Waals surface area contributed by atoms with Gasteiger partial charge in [-0.05, 0) is 59.1 Å². The van der Waals surface area contributed by atoms with E-state index in [0.29, 0.717) is 4.47 Å². The molecule has 0 fully saturated rings. The molecule has 1 aromatic carbocycles. The fourth-order valence-corrected chi connectivity index (χ4v) is 3.54. The Hall–Kier alpha value is -0.380. The quantitative estimate of drug-likeness (QED) is 0.628. The largest absolute Gasteiger partial charge is 0.206 e. The van der Waals surface area contributed by atoms with E-state index in [1.807, 2.05) is 0 Å². The zero-order valence-electron chi connectivity index (χ0n) is 9.43. The second-order valence-electron chi connectivity index (χ2n) is 3.90. The Morgan fingerprint density at radius 1 is 1.29 bits per heavy atom. The molecule has 0 spiro atoms. The maximum Gasteiger partial charge on any atom is 0.137 e. The molecule has 4 heteroatoms. The van der Waals surface area contributed by atoms with Gasteiger partial charge in [0, 0.05) is 9.75 Å². The van der Waals surface area contributed by atoms with Crippen LogP contribution >= 0.6 is 38.9 Å². The summed E-state index contributed by atoms with van der Waals surface area (Å²) in [6.07, 6.45) is 0. The number of hydrogen-bond donors (Lipinski definition) is 0. The van der Waals surface area contributed by atoms with E-state index in [-0.39, 0.29) is 11.2 Å². The van der Waals surface area contributed by atoms with Gasteiger partial charge in [-0.1, -0.05) is 6.07 Å². The van der Waals surface area contributed by atoms with E-state index in [4.69, 9.17) is 11.6 Å². The first-order valence-corrected chi connectivity index (χ1v) is 7.19. The molecular weight excluding hydrogens is 323 g/mol. The van der Waals surface area contributed by atoms with E-state index < -0.39 is 0 Å². The highest BCUT2D eigenvalue weighted by atomic mass is 79.9. The smallest absolute Gasteiger partial charge is 0.137 e. The first-order chi connectivity index (χ1) is 7.99. The Bertz CT molecular complexity index is 550. The van der Waals surface area contributed by atoms with Crippen LogP contribution in [-0.2, 0) is 0 Å². The van der Waals surface area contributed by atoms with Crippen LogP contribution in [0.1, 0.15) is 26.3 Å². The highest BCUT2D eigenvalue weighted by molar-refractivity contribution is 9.10. The molecule has 90 valence electrons. The molecule has 1 heterocycles. The molecule has 0 saturated carbocycles. The van der Waals surface area contributed by atoms with Gasteiger partial charge in [-0.15, -0.1) is 22.9 Å². The normalized spacial score (nSPS) is 12.8. The molecule has 17 heavy (non-hydrogen) atoms. The van der Waals surface area contributed by atoms with Gasteiger partial charge in [0.15, 0.2) is 0 Å². The molecule has 1 unspecified atom stereocenters. The highest BCUT2D eigenvalue weighted by Crippen LogP contribution is 2.36. The first kappa shape index (κ1) is 13.1. The lowest BCUT2D eigenvalue weighted by Crippen LogP contribution is -1.94. The number of rotatable bonds is 2. The van der Waals surface area contributed by atoms with Crippen molar-refractivity contribution in [3.8, 4) is 0 Å². The fraction of sp³-hybridized carbons (Fsp3) is 0.231. The second kappa shape index (κ2) is 5.09. The second-order valence-corrected chi connectivity index (χ2v) is 6.66. The van der Waals surface area contributed by atoms with Gasteiger partial charge >= 0.3 is 0 Å². The van der Waals surface area contributed by atoms with Gasteiger partial charge in [0.25, 0.3) is 0 Å². The average Bonchev–Trinajstić information content (AvgIpc) is 2.61. The standard InChI is InChI=1S/C13H11BrClFS/c1-7-5-10(8(2)17-7)13(15)9-3-4-12(16)11(14)6-9/h3-6,13H,1-2H3. The summed E-state index contributed by atoms with van der Waals surface area (Å²) in [7, 11) is 0. The molecule has 2 rings (SSSR count). The maximum atomic E-state index is 13.2. The van der Waals surface area contributed by atoms with Gasteiger partial charge in [-0.2, -0.15) is 0 Å². The summed E-state index contributed by atoms with van der Waals surface area (Å²) < 4.78 is 13.6. The molecule has 0 N–H and O–H groups in total. The zero-order valence-corrected chi connectivity index (χ0v) is 12.6. The summed E-state index contributed by atoms with van der Waals surface area (Å²) in [6, 6.07) is 6.99. The van der Waals surface area contributed by atoms with Crippen LogP contribution in [0.2, 0.25) is 0 Å². The molecule has 0 nitrogen and oxygen atoms in total. The van der Waals surface area contributed by atoms with E-state index >= 15 is 0 Å². The summed E-state index contributed by atoms with van der Waals surface area (Å²) in [5.74, 6) is -0.268. The monoisotopic (exact) mass is 332 g/mol. The van der Waals surface area contributed by atoms with E-state index in [9.17, 15) is 4.39 Å². The van der Waals surface area contributed by atoms with Crippen LogP contribution in [0.5, 0.6) is 0 Å². The van der Waals surface area contributed by atoms with Crippen molar-refractivity contribution in [3.63, 3.8) is 0 Å². The third-order valence-electron chi connectivity index (χ3n) is 2.59. The number of alkyl halides is 1. The van der Waals surface area contributed by atoms with Crippen molar-refractivity contribution in [2.75, 3.05) is 0 Å². The van der Waals surface area contributed by atoms with Crippen molar-refractivity contribution in [2.45, 2.75) is 19.2 Å². The van der Waals surface area contributed by atoms with Gasteiger partial charge in [-0.25, -0.2) is 4.39 Å². The lowest BCUT2D eigenvalue weighted by Gasteiger charge is -2.10. The highest BCUT2D eigenvalue weighted by Gasteiger charge is 2.16. The topological polar surface area (TPSA) is 0 Å². The molecule has 0 amide bonds. The zero-order chi connectivity index (χ0) is 12.6. The molecule has 1 atom stereocenters. The number of hydrogen-bond acceptors (Lipinski definition) is 1. The van der Waals surface area contributed by atoms with Crippen LogP contribution in [0.25, 0.3) is 0 Å². The summed E-state index contributed by atoms with van der Waals surface area (Å²) in [4.78, 5) is 2.45. The average molecular weight is 334 g/mol. The van der Waals surface area contributed by atoms with Crippen LogP contribution in [0.3, 0.4) is 0 Å². The van der Waals surface area contributed by atoms with Gasteiger partial charge in [0.05, 0.1) is 9.85 Å². The Labute approximate surface area is 118 Å². The van der Waals surface area contributed by atoms with Crippen LogP contribution in [0, 0.1) is 19.7 Å². The summed E-state index contributed by atoms with van der Waals surface area (Å²) in [6.45, 7) is 4.12. The van der Waals surface area contributed by atoms with Gasteiger partial charge in [0.2, 0.25) is 0 Å². The van der Waals surface area contributed by atoms with Crippen molar-refractivity contribution in [2.24, 2.45) is 0 Å². The third-order valence-corrected chi connectivity index (χ3v) is 4.67. The number of thiophene rings is 1. The maximum absolute atomic E-state index is 13.2. The molecular formula is C13H11BrClFS. The third kappa shape index (κ3) is 2.72. The van der Waals surface area contributed by atoms with E-state index in [1.165, 1.54) is 15.8 Å². The molecule has 0 aliphatic carbocycles. The fourth-order valence-electron chi connectivity index (χ4n) is 1.75. The van der Waals surface area contributed by atoms with Crippen molar-refractivity contribution in [1.29, 1.82) is 0 Å². The molecule has 0 saturated heterocycles. The lowest BCUT2D eigenvalue weighted by molar-refractivity contribution is 0.620. The number of benzene rings is 1. The van der Waals surface area contributed by atoms with Crippen LogP contribution in [-0.4, -0.2) is 0 Å². The van der Waals surface area contributed by atoms with Crippen LogP contribution < -0.4 is 0 Å². The molecule has 0 aliphatic heterocycles. The Morgan fingerprint density at radius 3 is 2.53 bits per heavy atom. The van der Waals surface area contributed by atoms with Gasteiger partial charge in [-0.3, -0.25) is 0 Å². The minimum atomic E-state index is -0.268. The molecule has 0 radical (unpaired) electrons. The Balaban J connectivity index is 2.40. The summed E-state index contributed by atoms with van der Waals surface area (Å²) in [5, 5.41) is -0.225. The van der Waals surface area contributed by atoms with Crippen molar-refractivity contribution < 1.29 is 4.39 Å². The molecule has 0 bridgehead atoms.